The third-order valence-electron chi connectivity index (χ3n) is 5.64. The molecule has 0 spiro atoms. The lowest BCUT2D eigenvalue weighted by molar-refractivity contribution is -0.127. The molecule has 0 atom stereocenters. The Morgan fingerprint density at radius 1 is 0.941 bits per heavy atom. The normalized spacial score (nSPS) is 11.9. The molecule has 0 fully saturated rings. The molecule has 0 N–H and O–H groups in total. The van der Waals surface area contributed by atoms with Crippen LogP contribution in [0.15, 0.2) is 72.2 Å². The standard InChI is InChI=1S/C28H28F3NO2/c1-18-14-21(10-12-24(18)26-13-11-23(33-4)15-27(26)34-5)19(2)17-32-20(3)25-9-7-6-8-22(25)16-28(29,30)31/h6-15H,2,16-17H2,1,3-5H3. The van der Waals surface area contributed by atoms with Gasteiger partial charge in [0.15, 0.2) is 0 Å². The second-order valence-electron chi connectivity index (χ2n) is 8.05. The fourth-order valence-corrected chi connectivity index (χ4v) is 3.84. The molecule has 0 aliphatic rings. The Labute approximate surface area is 198 Å². The van der Waals surface area contributed by atoms with Crippen LogP contribution in [0.3, 0.4) is 0 Å². The molecular weight excluding hydrogens is 439 g/mol. The second kappa shape index (κ2) is 10.6. The summed E-state index contributed by atoms with van der Waals surface area (Å²) in [7, 11) is 3.23. The molecule has 3 nitrogen and oxygen atoms in total. The summed E-state index contributed by atoms with van der Waals surface area (Å²) >= 11 is 0. The van der Waals surface area contributed by atoms with Crippen LogP contribution < -0.4 is 9.47 Å². The maximum absolute atomic E-state index is 12.9. The van der Waals surface area contributed by atoms with Gasteiger partial charge in [-0.15, -0.1) is 0 Å². The minimum Gasteiger partial charge on any atom is -0.497 e. The molecular formula is C28H28F3NO2. The molecule has 0 aromatic heterocycles. The van der Waals surface area contributed by atoms with Crippen molar-refractivity contribution < 1.29 is 22.6 Å². The Morgan fingerprint density at radius 3 is 2.29 bits per heavy atom. The molecule has 0 aliphatic heterocycles. The van der Waals surface area contributed by atoms with Crippen LogP contribution in [-0.2, 0) is 6.42 Å². The summed E-state index contributed by atoms with van der Waals surface area (Å²) < 4.78 is 49.6. The largest absolute Gasteiger partial charge is 0.497 e. The third-order valence-corrected chi connectivity index (χ3v) is 5.64. The van der Waals surface area contributed by atoms with Gasteiger partial charge in [-0.3, -0.25) is 4.99 Å². The number of rotatable bonds is 8. The van der Waals surface area contributed by atoms with Crippen molar-refractivity contribution in [1.82, 2.24) is 0 Å². The summed E-state index contributed by atoms with van der Waals surface area (Å²) in [4.78, 5) is 4.53. The Bertz CT molecular complexity index is 1210. The molecule has 34 heavy (non-hydrogen) atoms. The first-order valence-corrected chi connectivity index (χ1v) is 10.8. The lowest BCUT2D eigenvalue weighted by atomic mass is 9.95. The molecule has 0 amide bonds. The number of nitrogens with zero attached hydrogens (tertiary/aromatic N) is 1. The van der Waals surface area contributed by atoms with Crippen molar-refractivity contribution in [3.05, 3.63) is 89.5 Å². The molecule has 3 aromatic carbocycles. The van der Waals surface area contributed by atoms with Gasteiger partial charge in [-0.25, -0.2) is 0 Å². The van der Waals surface area contributed by atoms with E-state index in [4.69, 9.17) is 9.47 Å². The third kappa shape index (κ3) is 6.07. The number of hydrogen-bond donors (Lipinski definition) is 0. The van der Waals surface area contributed by atoms with Crippen LogP contribution in [0.1, 0.15) is 29.2 Å². The van der Waals surface area contributed by atoms with E-state index < -0.39 is 12.6 Å². The highest BCUT2D eigenvalue weighted by atomic mass is 19.4. The highest BCUT2D eigenvalue weighted by molar-refractivity contribution is 6.00. The van der Waals surface area contributed by atoms with E-state index in [-0.39, 0.29) is 12.1 Å². The number of halogens is 3. The summed E-state index contributed by atoms with van der Waals surface area (Å²) in [6, 6.07) is 18.2. The first-order valence-electron chi connectivity index (χ1n) is 10.8. The van der Waals surface area contributed by atoms with Gasteiger partial charge in [-0.05, 0) is 59.4 Å². The van der Waals surface area contributed by atoms with Crippen LogP contribution in [0.2, 0.25) is 0 Å². The van der Waals surface area contributed by atoms with E-state index in [0.29, 0.717) is 22.8 Å². The number of methoxy groups -OCH3 is 2. The molecule has 0 heterocycles. The molecule has 0 aliphatic carbocycles. The van der Waals surface area contributed by atoms with Gasteiger partial charge in [0.2, 0.25) is 0 Å². The highest BCUT2D eigenvalue weighted by Crippen LogP contribution is 2.36. The predicted molar refractivity (Wildman–Crippen MR) is 132 cm³/mol. The Kier molecular flexibility index (Phi) is 7.82. The van der Waals surface area contributed by atoms with Gasteiger partial charge in [0.05, 0.1) is 27.2 Å². The second-order valence-corrected chi connectivity index (χ2v) is 8.05. The minimum atomic E-state index is -4.27. The average molecular weight is 468 g/mol. The van der Waals surface area contributed by atoms with Crippen LogP contribution in [0.4, 0.5) is 13.2 Å². The fraction of sp³-hybridized carbons (Fsp3) is 0.250. The maximum atomic E-state index is 12.9. The molecule has 6 heteroatoms. The van der Waals surface area contributed by atoms with Gasteiger partial charge < -0.3 is 9.47 Å². The van der Waals surface area contributed by atoms with Crippen LogP contribution in [-0.4, -0.2) is 32.7 Å². The topological polar surface area (TPSA) is 30.8 Å². The zero-order chi connectivity index (χ0) is 24.9. The van der Waals surface area contributed by atoms with E-state index in [1.54, 1.807) is 39.3 Å². The van der Waals surface area contributed by atoms with Gasteiger partial charge >= 0.3 is 6.18 Å². The average Bonchev–Trinajstić information content (AvgIpc) is 2.81. The van der Waals surface area contributed by atoms with E-state index in [0.717, 1.165) is 27.8 Å². The monoisotopic (exact) mass is 467 g/mol. The van der Waals surface area contributed by atoms with Crippen molar-refractivity contribution in [3.8, 4) is 22.6 Å². The number of aryl methyl sites for hydroxylation is 1. The van der Waals surface area contributed by atoms with Crippen molar-refractivity contribution in [2.45, 2.75) is 26.4 Å². The molecule has 0 bridgehead atoms. The molecule has 3 aromatic rings. The summed E-state index contributed by atoms with van der Waals surface area (Å²) in [5.41, 5.74) is 6.00. The maximum Gasteiger partial charge on any atom is 0.393 e. The summed E-state index contributed by atoms with van der Waals surface area (Å²) in [6.07, 6.45) is -5.25. The Hall–Kier alpha value is -3.54. The molecule has 0 saturated heterocycles. The predicted octanol–water partition coefficient (Wildman–Crippen LogP) is 7.31. The molecule has 178 valence electrons. The van der Waals surface area contributed by atoms with Crippen LogP contribution in [0.25, 0.3) is 16.7 Å². The van der Waals surface area contributed by atoms with E-state index in [9.17, 15) is 13.2 Å². The van der Waals surface area contributed by atoms with Crippen LogP contribution >= 0.6 is 0 Å². The Balaban J connectivity index is 1.81. The first kappa shape index (κ1) is 25.1. The van der Waals surface area contributed by atoms with E-state index in [1.807, 2.05) is 43.3 Å². The lowest BCUT2D eigenvalue weighted by Gasteiger charge is -2.14. The van der Waals surface area contributed by atoms with Crippen molar-refractivity contribution in [3.63, 3.8) is 0 Å². The van der Waals surface area contributed by atoms with Crippen LogP contribution in [0, 0.1) is 6.92 Å². The van der Waals surface area contributed by atoms with Gasteiger partial charge in [0, 0.05) is 17.3 Å². The SMILES string of the molecule is C=C(CN=C(C)c1ccccc1CC(F)(F)F)c1ccc(-c2ccc(OC)cc2OC)c(C)c1. The molecule has 0 unspecified atom stereocenters. The van der Waals surface area contributed by atoms with Gasteiger partial charge in [0.1, 0.15) is 11.5 Å². The summed E-state index contributed by atoms with van der Waals surface area (Å²) in [5.74, 6) is 1.43. The summed E-state index contributed by atoms with van der Waals surface area (Å²) in [5, 5.41) is 0. The Morgan fingerprint density at radius 2 is 1.65 bits per heavy atom. The number of aliphatic imine (C=N–C) groups is 1. The number of benzene rings is 3. The van der Waals surface area contributed by atoms with E-state index >= 15 is 0 Å². The van der Waals surface area contributed by atoms with Gasteiger partial charge in [0.25, 0.3) is 0 Å². The number of hydrogen-bond acceptors (Lipinski definition) is 3. The lowest BCUT2D eigenvalue weighted by Crippen LogP contribution is -2.14. The van der Waals surface area contributed by atoms with Gasteiger partial charge in [-0.1, -0.05) is 49.0 Å². The van der Waals surface area contributed by atoms with E-state index in [2.05, 4.69) is 11.6 Å². The van der Waals surface area contributed by atoms with Crippen molar-refractivity contribution >= 4 is 11.3 Å². The van der Waals surface area contributed by atoms with Gasteiger partial charge in [-0.2, -0.15) is 13.2 Å². The first-order chi connectivity index (χ1) is 16.1. The number of alkyl halides is 3. The highest BCUT2D eigenvalue weighted by Gasteiger charge is 2.29. The summed E-state index contributed by atoms with van der Waals surface area (Å²) in [6.45, 7) is 8.17. The van der Waals surface area contributed by atoms with Crippen LogP contribution in [0.5, 0.6) is 11.5 Å². The fourth-order valence-electron chi connectivity index (χ4n) is 3.84. The zero-order valence-electron chi connectivity index (χ0n) is 19.8. The molecule has 3 rings (SSSR count). The number of ether oxygens (including phenoxy) is 2. The zero-order valence-corrected chi connectivity index (χ0v) is 19.8. The van der Waals surface area contributed by atoms with Crippen molar-refractivity contribution in [2.24, 2.45) is 4.99 Å². The smallest absolute Gasteiger partial charge is 0.393 e. The van der Waals surface area contributed by atoms with Crippen molar-refractivity contribution in [1.29, 1.82) is 0 Å². The molecule has 0 saturated carbocycles. The van der Waals surface area contributed by atoms with E-state index in [1.165, 1.54) is 6.07 Å². The van der Waals surface area contributed by atoms with Crippen molar-refractivity contribution in [2.75, 3.05) is 20.8 Å². The minimum absolute atomic E-state index is 0.218. The quantitative estimate of drug-likeness (QED) is 0.325. The molecule has 0 radical (unpaired) electrons.